The van der Waals surface area contributed by atoms with Gasteiger partial charge >= 0.3 is 5.97 Å². The van der Waals surface area contributed by atoms with Gasteiger partial charge in [0.25, 0.3) is 0 Å². The number of rotatable bonds is 4. The smallest absolute Gasteiger partial charge is 0.337 e. The first-order valence-electron chi connectivity index (χ1n) is 5.79. The third-order valence-corrected chi connectivity index (χ3v) is 3.77. The molecular formula is C14H12NO4S-. The van der Waals surface area contributed by atoms with Crippen molar-refractivity contribution in [2.45, 2.75) is 5.25 Å². The number of carbonyl (C=O) groups excluding carboxylic acids is 1. The fourth-order valence-electron chi connectivity index (χ4n) is 1.86. The first-order chi connectivity index (χ1) is 9.63. The van der Waals surface area contributed by atoms with Crippen LogP contribution in [0.1, 0.15) is 26.7 Å². The van der Waals surface area contributed by atoms with Crippen LogP contribution in [0.3, 0.4) is 0 Å². The molecule has 0 aliphatic carbocycles. The average Bonchev–Trinajstić information content (AvgIpc) is 2.48. The zero-order valence-corrected chi connectivity index (χ0v) is 11.5. The lowest BCUT2D eigenvalue weighted by Crippen LogP contribution is -2.09. The molecule has 1 aromatic heterocycles. The summed E-state index contributed by atoms with van der Waals surface area (Å²) in [5, 5.41) is -0.787. The largest absolute Gasteiger partial charge is 0.772 e. The van der Waals surface area contributed by atoms with E-state index in [9.17, 15) is 13.6 Å². The Labute approximate surface area is 118 Å². The summed E-state index contributed by atoms with van der Waals surface area (Å²) in [6, 6.07) is 9.59. The van der Waals surface area contributed by atoms with Crippen molar-refractivity contribution in [2.24, 2.45) is 0 Å². The van der Waals surface area contributed by atoms with E-state index in [1.807, 2.05) is 0 Å². The molecule has 2 atom stereocenters. The van der Waals surface area contributed by atoms with Crippen molar-refractivity contribution in [1.29, 1.82) is 0 Å². The number of esters is 1. The molecule has 2 aromatic rings. The second-order valence-electron chi connectivity index (χ2n) is 4.03. The quantitative estimate of drug-likeness (QED) is 0.634. The van der Waals surface area contributed by atoms with E-state index in [0.29, 0.717) is 16.7 Å². The van der Waals surface area contributed by atoms with Crippen molar-refractivity contribution in [3.63, 3.8) is 0 Å². The topological polar surface area (TPSA) is 79.3 Å². The van der Waals surface area contributed by atoms with Crippen LogP contribution in [-0.4, -0.2) is 26.8 Å². The average molecular weight is 290 g/mol. The monoisotopic (exact) mass is 290 g/mol. The Kier molecular flexibility index (Phi) is 4.60. The van der Waals surface area contributed by atoms with Crippen molar-refractivity contribution in [2.75, 3.05) is 7.11 Å². The maximum atomic E-state index is 11.5. The summed E-state index contributed by atoms with van der Waals surface area (Å²) in [6.07, 6.45) is 3.08. The van der Waals surface area contributed by atoms with Gasteiger partial charge in [-0.05, 0) is 46.5 Å². The van der Waals surface area contributed by atoms with Crippen LogP contribution in [0.5, 0.6) is 0 Å². The summed E-state index contributed by atoms with van der Waals surface area (Å²) in [5.74, 6) is -0.458. The molecule has 0 amide bonds. The Bertz CT molecular complexity index is 613. The number of ether oxygens (including phenoxy) is 1. The third-order valence-electron chi connectivity index (χ3n) is 2.84. The molecule has 104 valence electrons. The number of benzene rings is 1. The lowest BCUT2D eigenvalue weighted by Gasteiger charge is -2.20. The summed E-state index contributed by atoms with van der Waals surface area (Å²) in [7, 11) is 1.29. The number of carbonyl (C=O) groups is 1. The Balaban J connectivity index is 2.36. The summed E-state index contributed by atoms with van der Waals surface area (Å²) < 4.78 is 27.5. The molecule has 0 aliphatic heterocycles. The molecule has 2 unspecified atom stereocenters. The molecule has 6 heteroatoms. The minimum Gasteiger partial charge on any atom is -0.772 e. The molecule has 0 saturated heterocycles. The molecule has 0 saturated carbocycles. The minimum absolute atomic E-state index is 0.376. The number of nitrogens with zero attached hydrogens (tertiary/aromatic N) is 1. The van der Waals surface area contributed by atoms with Crippen LogP contribution in [-0.2, 0) is 15.8 Å². The van der Waals surface area contributed by atoms with E-state index < -0.39 is 22.3 Å². The van der Waals surface area contributed by atoms with Crippen LogP contribution in [0.4, 0.5) is 0 Å². The van der Waals surface area contributed by atoms with Crippen LogP contribution in [0.2, 0.25) is 0 Å². The van der Waals surface area contributed by atoms with E-state index in [0.717, 1.165) is 0 Å². The van der Waals surface area contributed by atoms with Crippen LogP contribution in [0.25, 0.3) is 0 Å². The van der Waals surface area contributed by atoms with Crippen molar-refractivity contribution < 1.29 is 18.3 Å². The fraction of sp³-hybridized carbons (Fsp3) is 0.143. The zero-order valence-electron chi connectivity index (χ0n) is 10.7. The second-order valence-corrected chi connectivity index (χ2v) is 5.03. The first-order valence-corrected chi connectivity index (χ1v) is 6.93. The Hall–Kier alpha value is -2.05. The van der Waals surface area contributed by atoms with Gasteiger partial charge in [-0.25, -0.2) is 4.79 Å². The molecule has 1 aromatic carbocycles. The van der Waals surface area contributed by atoms with Gasteiger partial charge in [0, 0.05) is 12.4 Å². The van der Waals surface area contributed by atoms with Gasteiger partial charge in [0.05, 0.1) is 17.9 Å². The van der Waals surface area contributed by atoms with Crippen LogP contribution in [0.15, 0.2) is 48.8 Å². The molecule has 1 heterocycles. The summed E-state index contributed by atoms with van der Waals surface area (Å²) in [6.45, 7) is 0. The number of hydrogen-bond acceptors (Lipinski definition) is 5. The molecular weight excluding hydrogens is 278 g/mol. The summed E-state index contributed by atoms with van der Waals surface area (Å²) in [4.78, 5) is 15.2. The molecule has 0 fully saturated rings. The van der Waals surface area contributed by atoms with Gasteiger partial charge in [-0.3, -0.25) is 9.19 Å². The van der Waals surface area contributed by atoms with Crippen LogP contribution < -0.4 is 0 Å². The highest BCUT2D eigenvalue weighted by Gasteiger charge is 2.15. The number of pyridine rings is 1. The highest BCUT2D eigenvalue weighted by Crippen LogP contribution is 2.27. The minimum atomic E-state index is -2.32. The number of hydrogen-bond donors (Lipinski definition) is 0. The molecule has 20 heavy (non-hydrogen) atoms. The van der Waals surface area contributed by atoms with Crippen molar-refractivity contribution in [3.8, 4) is 0 Å². The number of aromatic nitrogens is 1. The lowest BCUT2D eigenvalue weighted by atomic mass is 10.0. The van der Waals surface area contributed by atoms with Crippen LogP contribution >= 0.6 is 0 Å². The zero-order chi connectivity index (χ0) is 14.5. The Morgan fingerprint density at radius 1 is 1.15 bits per heavy atom. The van der Waals surface area contributed by atoms with E-state index in [4.69, 9.17) is 0 Å². The van der Waals surface area contributed by atoms with E-state index in [2.05, 4.69) is 9.72 Å². The summed E-state index contributed by atoms with van der Waals surface area (Å²) in [5.41, 5.74) is 1.58. The van der Waals surface area contributed by atoms with E-state index >= 15 is 0 Å². The van der Waals surface area contributed by atoms with E-state index in [1.54, 1.807) is 36.4 Å². The maximum Gasteiger partial charge on any atom is 0.337 e. The standard InChI is InChI=1S/C14H13NO4S/c1-19-14(16)12-4-2-10(3-5-12)13(20(17)18)11-6-8-15-9-7-11/h2-9,13H,1H3,(H,17,18)/p-1. The lowest BCUT2D eigenvalue weighted by molar-refractivity contribution is 0.0600. The number of methoxy groups -OCH3 is 1. The predicted molar refractivity (Wildman–Crippen MR) is 72.8 cm³/mol. The van der Waals surface area contributed by atoms with Gasteiger partial charge in [-0.2, -0.15) is 0 Å². The van der Waals surface area contributed by atoms with Gasteiger partial charge in [0.1, 0.15) is 0 Å². The molecule has 0 aliphatic rings. The van der Waals surface area contributed by atoms with Gasteiger partial charge < -0.3 is 9.29 Å². The van der Waals surface area contributed by atoms with Crippen LogP contribution in [0, 0.1) is 0 Å². The summed E-state index contributed by atoms with van der Waals surface area (Å²) >= 11 is -2.32. The molecule has 0 N–H and O–H groups in total. The second kappa shape index (κ2) is 6.40. The highest BCUT2D eigenvalue weighted by atomic mass is 32.2. The fourth-order valence-corrected chi connectivity index (χ4v) is 2.62. The third kappa shape index (κ3) is 3.09. The van der Waals surface area contributed by atoms with Crippen molar-refractivity contribution >= 4 is 17.0 Å². The Morgan fingerprint density at radius 3 is 2.20 bits per heavy atom. The van der Waals surface area contributed by atoms with Gasteiger partial charge in [-0.1, -0.05) is 12.1 Å². The molecule has 2 rings (SSSR count). The van der Waals surface area contributed by atoms with E-state index in [-0.39, 0.29) is 0 Å². The maximum absolute atomic E-state index is 11.5. The Morgan fingerprint density at radius 2 is 1.70 bits per heavy atom. The molecule has 0 radical (unpaired) electrons. The van der Waals surface area contributed by atoms with Gasteiger partial charge in [0.2, 0.25) is 0 Å². The highest BCUT2D eigenvalue weighted by molar-refractivity contribution is 7.79. The van der Waals surface area contributed by atoms with Crippen molar-refractivity contribution in [3.05, 3.63) is 65.5 Å². The molecule has 0 spiro atoms. The van der Waals surface area contributed by atoms with E-state index in [1.165, 1.54) is 19.5 Å². The normalized spacial score (nSPS) is 13.5. The molecule has 5 nitrogen and oxygen atoms in total. The van der Waals surface area contributed by atoms with Gasteiger partial charge in [0.15, 0.2) is 0 Å². The predicted octanol–water partition coefficient (Wildman–Crippen LogP) is 1.84. The molecule has 0 bridgehead atoms. The van der Waals surface area contributed by atoms with Crippen molar-refractivity contribution in [1.82, 2.24) is 4.98 Å². The first kappa shape index (κ1) is 14.4. The SMILES string of the molecule is COC(=O)c1ccc(C(c2ccncc2)S(=O)[O-])cc1. The van der Waals surface area contributed by atoms with Gasteiger partial charge in [-0.15, -0.1) is 0 Å².